The molecule has 0 nitrogen and oxygen atoms in total. The van der Waals surface area contributed by atoms with Crippen LogP contribution in [0.15, 0.2) is 146 Å². The Balaban J connectivity index is 0.000000479. The zero-order valence-corrected chi connectivity index (χ0v) is 24.4. The molecule has 0 fully saturated rings. The van der Waals surface area contributed by atoms with Crippen LogP contribution in [0, 0.1) is 0 Å². The minimum atomic E-state index is -0.448. The van der Waals surface area contributed by atoms with E-state index in [9.17, 15) is 0 Å². The molecule has 0 N–H and O–H groups in total. The Bertz CT molecular complexity index is 1010. The van der Waals surface area contributed by atoms with Gasteiger partial charge in [-0.25, -0.2) is 0 Å². The molecule has 190 valence electrons. The van der Waals surface area contributed by atoms with Crippen molar-refractivity contribution in [1.82, 2.24) is 0 Å². The number of allylic oxidation sites excluding steroid dienone is 4. The molecule has 0 aliphatic carbocycles. The van der Waals surface area contributed by atoms with Crippen LogP contribution in [0.3, 0.4) is 0 Å². The van der Waals surface area contributed by atoms with Crippen molar-refractivity contribution in [1.29, 1.82) is 0 Å². The van der Waals surface area contributed by atoms with Crippen LogP contribution in [-0.4, -0.2) is 11.3 Å². The third-order valence-electron chi connectivity index (χ3n) is 6.39. The summed E-state index contributed by atoms with van der Waals surface area (Å²) in [5, 5.41) is 5.87. The summed E-state index contributed by atoms with van der Waals surface area (Å²) in [7, 11) is -0.897. The number of hydrogen-bond acceptors (Lipinski definition) is 0. The first kappa shape index (κ1) is 28.8. The highest BCUT2D eigenvalue weighted by Crippen LogP contribution is 2.51. The predicted octanol–water partition coefficient (Wildman–Crippen LogP) is 8.56. The molecule has 2 heteroatoms. The monoisotopic (exact) mass is 522 g/mol. The van der Waals surface area contributed by atoms with Crippen LogP contribution in [0.25, 0.3) is 0 Å². The third kappa shape index (κ3) is 8.64. The molecule has 0 amide bonds. The van der Waals surface area contributed by atoms with Crippen LogP contribution >= 0.6 is 15.8 Å². The largest absolute Gasteiger partial charge is 0.0914 e. The summed E-state index contributed by atoms with van der Waals surface area (Å²) in [6.07, 6.45) is 9.44. The zero-order valence-electron chi connectivity index (χ0n) is 22.6. The van der Waals surface area contributed by atoms with Gasteiger partial charge < -0.3 is 0 Å². The molecule has 0 spiro atoms. The summed E-state index contributed by atoms with van der Waals surface area (Å²) >= 11 is 0. The third-order valence-corrected chi connectivity index (χ3v) is 12.6. The van der Waals surface area contributed by atoms with Crippen LogP contribution < -0.4 is 21.2 Å². The minimum absolute atomic E-state index is 0.448. The second-order valence-corrected chi connectivity index (χ2v) is 14.1. The lowest BCUT2D eigenvalue weighted by Crippen LogP contribution is -2.31. The van der Waals surface area contributed by atoms with Crippen LogP contribution in [0.2, 0.25) is 0 Å². The number of rotatable bonds is 9. The summed E-state index contributed by atoms with van der Waals surface area (Å²) in [6, 6.07) is 44.5. The Morgan fingerprint density at radius 3 is 0.919 bits per heavy atom. The highest BCUT2D eigenvalue weighted by molar-refractivity contribution is 7.77. The molecule has 0 saturated carbocycles. The summed E-state index contributed by atoms with van der Waals surface area (Å²) in [5.74, 6) is 0. The van der Waals surface area contributed by atoms with E-state index in [1.165, 1.54) is 21.2 Å². The van der Waals surface area contributed by atoms with E-state index < -0.39 is 15.8 Å². The van der Waals surface area contributed by atoms with Gasteiger partial charge in [0, 0.05) is 0 Å². The molecule has 0 aliphatic heterocycles. The molecule has 2 atom stereocenters. The van der Waals surface area contributed by atoms with Crippen LogP contribution in [0.5, 0.6) is 0 Å². The first-order valence-corrected chi connectivity index (χ1v) is 16.0. The van der Waals surface area contributed by atoms with Crippen molar-refractivity contribution in [2.75, 3.05) is 0 Å². The Morgan fingerprint density at radius 2 is 0.703 bits per heavy atom. The van der Waals surface area contributed by atoms with Crippen molar-refractivity contribution in [3.05, 3.63) is 146 Å². The zero-order chi connectivity index (χ0) is 26.3. The van der Waals surface area contributed by atoms with Crippen molar-refractivity contribution in [2.45, 2.75) is 45.4 Å². The highest BCUT2D eigenvalue weighted by atomic mass is 31.1. The standard InChI is InChI=1S/C28H28P2.C7H12/c1-23(29(25-15-7-3-8-16-25)26-17-9-4-10-18-26)24(2)30(27-19-11-5-12-20-27)28-21-13-6-14-22-28;1-3-5-7-6-4-2/h3-24H,1-2H3;3-6H,7H2,1-2H3/t23-,24-;/m0./s1. The average Bonchev–Trinajstić information content (AvgIpc) is 2.96. The van der Waals surface area contributed by atoms with Gasteiger partial charge in [-0.2, -0.15) is 0 Å². The van der Waals surface area contributed by atoms with Crippen molar-refractivity contribution < 1.29 is 0 Å². The Morgan fingerprint density at radius 1 is 0.459 bits per heavy atom. The lowest BCUT2D eigenvalue weighted by atomic mass is 10.3. The Hall–Kier alpha value is -2.78. The maximum absolute atomic E-state index is 2.47. The molecule has 4 rings (SSSR count). The van der Waals surface area contributed by atoms with Gasteiger partial charge in [-0.1, -0.05) is 159 Å². The highest BCUT2D eigenvalue weighted by Gasteiger charge is 2.31. The molecule has 0 bridgehead atoms. The summed E-state index contributed by atoms with van der Waals surface area (Å²) in [6.45, 7) is 9.00. The lowest BCUT2D eigenvalue weighted by Gasteiger charge is -2.35. The van der Waals surface area contributed by atoms with E-state index in [1.807, 2.05) is 13.8 Å². The molecule has 0 heterocycles. The van der Waals surface area contributed by atoms with Gasteiger partial charge >= 0.3 is 0 Å². The van der Waals surface area contributed by atoms with E-state index >= 15 is 0 Å². The second kappa shape index (κ2) is 16.1. The van der Waals surface area contributed by atoms with E-state index in [2.05, 4.69) is 159 Å². The van der Waals surface area contributed by atoms with Gasteiger partial charge in [0.25, 0.3) is 0 Å². The topological polar surface area (TPSA) is 0 Å². The van der Waals surface area contributed by atoms with E-state index in [4.69, 9.17) is 0 Å². The smallest absolute Gasteiger partial charge is 0.00861 e. The van der Waals surface area contributed by atoms with E-state index in [1.54, 1.807) is 0 Å². The van der Waals surface area contributed by atoms with E-state index in [0.717, 1.165) is 6.42 Å². The number of hydrogen-bond donors (Lipinski definition) is 0. The molecule has 4 aromatic rings. The van der Waals surface area contributed by atoms with Gasteiger partial charge in [0.15, 0.2) is 0 Å². The van der Waals surface area contributed by atoms with E-state index in [-0.39, 0.29) is 0 Å². The SMILES string of the molecule is CC=CCC=CC.C[C@@H]([C@H](C)P(c1ccccc1)c1ccccc1)P(c1ccccc1)c1ccccc1. The van der Waals surface area contributed by atoms with Crippen molar-refractivity contribution in [2.24, 2.45) is 0 Å². The first-order valence-electron chi connectivity index (χ1n) is 13.2. The number of benzene rings is 4. The fourth-order valence-corrected chi connectivity index (χ4v) is 10.5. The average molecular weight is 523 g/mol. The van der Waals surface area contributed by atoms with Gasteiger partial charge in [0.05, 0.1) is 0 Å². The molecule has 4 aromatic carbocycles. The van der Waals surface area contributed by atoms with Gasteiger partial charge in [-0.15, -0.1) is 0 Å². The van der Waals surface area contributed by atoms with E-state index in [0.29, 0.717) is 11.3 Å². The van der Waals surface area contributed by atoms with Gasteiger partial charge in [-0.05, 0) is 68.6 Å². The molecule has 0 unspecified atom stereocenters. The maximum atomic E-state index is 2.47. The van der Waals surface area contributed by atoms with Crippen LogP contribution in [-0.2, 0) is 0 Å². The first-order chi connectivity index (χ1) is 18.2. The van der Waals surface area contributed by atoms with Gasteiger partial charge in [0.1, 0.15) is 0 Å². The second-order valence-electron chi connectivity index (χ2n) is 8.94. The predicted molar refractivity (Wildman–Crippen MR) is 171 cm³/mol. The van der Waals surface area contributed by atoms with Gasteiger partial charge in [-0.3, -0.25) is 0 Å². The maximum Gasteiger partial charge on any atom is -0.00861 e. The quantitative estimate of drug-likeness (QED) is 0.153. The molecule has 0 aromatic heterocycles. The Labute approximate surface area is 227 Å². The summed E-state index contributed by atoms with van der Waals surface area (Å²) in [4.78, 5) is 0. The normalized spacial score (nSPS) is 13.0. The molecule has 37 heavy (non-hydrogen) atoms. The fourth-order valence-electron chi connectivity index (χ4n) is 4.38. The minimum Gasteiger partial charge on any atom is -0.0914 e. The van der Waals surface area contributed by atoms with Crippen molar-refractivity contribution in [3.8, 4) is 0 Å². The lowest BCUT2D eigenvalue weighted by molar-refractivity contribution is 0.912. The summed E-state index contributed by atoms with van der Waals surface area (Å²) < 4.78 is 0. The Kier molecular flexibility index (Phi) is 12.6. The molecule has 0 saturated heterocycles. The fraction of sp³-hybridized carbons (Fsp3) is 0.200. The summed E-state index contributed by atoms with van der Waals surface area (Å²) in [5.41, 5.74) is 1.10. The molecule has 0 radical (unpaired) electrons. The van der Waals surface area contributed by atoms with Crippen molar-refractivity contribution >= 4 is 37.1 Å². The molecule has 0 aliphatic rings. The van der Waals surface area contributed by atoms with Crippen molar-refractivity contribution in [3.63, 3.8) is 0 Å². The van der Waals surface area contributed by atoms with Crippen LogP contribution in [0.4, 0.5) is 0 Å². The molecular weight excluding hydrogens is 482 g/mol. The molecular formula is C35H40P2. The van der Waals surface area contributed by atoms with Crippen LogP contribution in [0.1, 0.15) is 34.1 Å². The van der Waals surface area contributed by atoms with Gasteiger partial charge in [0.2, 0.25) is 0 Å².